The maximum absolute atomic E-state index is 11.8. The zero-order valence-electron chi connectivity index (χ0n) is 10.5. The van der Waals surface area contributed by atoms with Crippen molar-refractivity contribution in [2.45, 2.75) is 19.5 Å². The van der Waals surface area contributed by atoms with E-state index in [-0.39, 0.29) is 13.2 Å². The molecule has 1 heterocycles. The molecule has 0 radical (unpaired) electrons. The molecule has 0 aliphatic heterocycles. The molecule has 0 saturated carbocycles. The van der Waals surface area contributed by atoms with Gasteiger partial charge in [-0.15, -0.1) is 0 Å². The lowest BCUT2D eigenvalue weighted by molar-refractivity contribution is -0.172. The van der Waals surface area contributed by atoms with Crippen LogP contribution in [0.5, 0.6) is 5.88 Å². The van der Waals surface area contributed by atoms with Crippen molar-refractivity contribution in [2.24, 2.45) is 0 Å². The van der Waals surface area contributed by atoms with Crippen molar-refractivity contribution >= 4 is 5.82 Å². The topological polar surface area (TPSA) is 56.3 Å². The SMILES string of the molecule is CCCOc1cc(NCCOCC(F)(F)F)ncn1. The van der Waals surface area contributed by atoms with Gasteiger partial charge >= 0.3 is 6.18 Å². The number of ether oxygens (including phenoxy) is 2. The predicted octanol–water partition coefficient (Wildman–Crippen LogP) is 2.26. The van der Waals surface area contributed by atoms with Crippen LogP contribution in [0.1, 0.15) is 13.3 Å². The lowest BCUT2D eigenvalue weighted by Gasteiger charge is -2.09. The Morgan fingerprint density at radius 1 is 1.26 bits per heavy atom. The van der Waals surface area contributed by atoms with E-state index in [2.05, 4.69) is 20.0 Å². The van der Waals surface area contributed by atoms with Crippen molar-refractivity contribution in [1.29, 1.82) is 0 Å². The molecule has 0 aliphatic rings. The summed E-state index contributed by atoms with van der Waals surface area (Å²) in [6.07, 6.45) is -2.11. The van der Waals surface area contributed by atoms with Gasteiger partial charge in [0.05, 0.1) is 13.2 Å². The highest BCUT2D eigenvalue weighted by atomic mass is 19.4. The average molecular weight is 279 g/mol. The van der Waals surface area contributed by atoms with Gasteiger partial charge in [-0.3, -0.25) is 0 Å². The summed E-state index contributed by atoms with van der Waals surface area (Å²) in [5.74, 6) is 0.910. The summed E-state index contributed by atoms with van der Waals surface area (Å²) in [4.78, 5) is 7.81. The summed E-state index contributed by atoms with van der Waals surface area (Å²) in [5.41, 5.74) is 0. The second kappa shape index (κ2) is 7.78. The molecule has 1 aromatic heterocycles. The molecule has 5 nitrogen and oxygen atoms in total. The number of hydrogen-bond acceptors (Lipinski definition) is 5. The Morgan fingerprint density at radius 3 is 2.74 bits per heavy atom. The number of nitrogens with one attached hydrogen (secondary N) is 1. The zero-order chi connectivity index (χ0) is 14.1. The molecular weight excluding hydrogens is 263 g/mol. The Morgan fingerprint density at radius 2 is 2.05 bits per heavy atom. The van der Waals surface area contributed by atoms with E-state index in [1.807, 2.05) is 6.92 Å². The highest BCUT2D eigenvalue weighted by molar-refractivity contribution is 5.36. The molecule has 0 saturated heterocycles. The molecule has 0 spiro atoms. The van der Waals surface area contributed by atoms with Crippen LogP contribution in [0, 0.1) is 0 Å². The predicted molar refractivity (Wildman–Crippen MR) is 63.2 cm³/mol. The minimum absolute atomic E-state index is 0.0608. The van der Waals surface area contributed by atoms with Crippen molar-refractivity contribution in [3.63, 3.8) is 0 Å². The van der Waals surface area contributed by atoms with Gasteiger partial charge in [0, 0.05) is 12.6 Å². The monoisotopic (exact) mass is 279 g/mol. The van der Waals surface area contributed by atoms with Gasteiger partial charge in [0.2, 0.25) is 5.88 Å². The van der Waals surface area contributed by atoms with E-state index in [4.69, 9.17) is 4.74 Å². The summed E-state index contributed by atoms with van der Waals surface area (Å²) in [7, 11) is 0. The van der Waals surface area contributed by atoms with Crippen LogP contribution in [0.15, 0.2) is 12.4 Å². The van der Waals surface area contributed by atoms with Crippen molar-refractivity contribution in [2.75, 3.05) is 31.7 Å². The Kier molecular flexibility index (Phi) is 6.34. The van der Waals surface area contributed by atoms with E-state index in [0.717, 1.165) is 6.42 Å². The molecule has 8 heteroatoms. The van der Waals surface area contributed by atoms with Gasteiger partial charge in [0.1, 0.15) is 18.8 Å². The van der Waals surface area contributed by atoms with Crippen LogP contribution in [0.3, 0.4) is 0 Å². The van der Waals surface area contributed by atoms with E-state index in [1.54, 1.807) is 6.07 Å². The molecule has 1 aromatic rings. The minimum Gasteiger partial charge on any atom is -0.478 e. The molecule has 108 valence electrons. The van der Waals surface area contributed by atoms with Crippen molar-refractivity contribution in [3.8, 4) is 5.88 Å². The van der Waals surface area contributed by atoms with Gasteiger partial charge in [-0.05, 0) is 6.42 Å². The molecule has 1 rings (SSSR count). The van der Waals surface area contributed by atoms with Gasteiger partial charge in [0.25, 0.3) is 0 Å². The zero-order valence-corrected chi connectivity index (χ0v) is 10.5. The van der Waals surface area contributed by atoms with Gasteiger partial charge in [-0.2, -0.15) is 13.2 Å². The maximum atomic E-state index is 11.8. The first-order valence-corrected chi connectivity index (χ1v) is 5.84. The first kappa shape index (κ1) is 15.5. The highest BCUT2D eigenvalue weighted by Gasteiger charge is 2.27. The third kappa shape index (κ3) is 7.45. The molecular formula is C11H16F3N3O2. The second-order valence-corrected chi connectivity index (χ2v) is 3.68. The Hall–Kier alpha value is -1.57. The van der Waals surface area contributed by atoms with Gasteiger partial charge < -0.3 is 14.8 Å². The van der Waals surface area contributed by atoms with E-state index >= 15 is 0 Å². The molecule has 0 fully saturated rings. The van der Waals surface area contributed by atoms with Crippen LogP contribution in [-0.2, 0) is 4.74 Å². The van der Waals surface area contributed by atoms with E-state index in [9.17, 15) is 13.2 Å². The smallest absolute Gasteiger partial charge is 0.411 e. The van der Waals surface area contributed by atoms with E-state index in [1.165, 1.54) is 6.33 Å². The van der Waals surface area contributed by atoms with Crippen molar-refractivity contribution < 1.29 is 22.6 Å². The summed E-state index contributed by atoms with van der Waals surface area (Å²) >= 11 is 0. The maximum Gasteiger partial charge on any atom is 0.411 e. The Labute approximate surface area is 109 Å². The van der Waals surface area contributed by atoms with Gasteiger partial charge in [-0.1, -0.05) is 6.92 Å². The summed E-state index contributed by atoms with van der Waals surface area (Å²) in [5, 5.41) is 2.82. The standard InChI is InChI=1S/C11H16F3N3O2/c1-2-4-19-10-6-9(16-8-17-10)15-3-5-18-7-11(12,13)14/h6,8H,2-5,7H2,1H3,(H,15,16,17). The second-order valence-electron chi connectivity index (χ2n) is 3.68. The molecule has 0 amide bonds. The van der Waals surface area contributed by atoms with E-state index < -0.39 is 12.8 Å². The molecule has 0 aromatic carbocycles. The number of rotatable bonds is 8. The number of nitrogens with zero attached hydrogens (tertiary/aromatic N) is 2. The fourth-order valence-corrected chi connectivity index (χ4v) is 1.16. The number of alkyl halides is 3. The highest BCUT2D eigenvalue weighted by Crippen LogP contribution is 2.14. The number of anilines is 1. The quantitative estimate of drug-likeness (QED) is 0.740. The first-order chi connectivity index (χ1) is 9.01. The van der Waals surface area contributed by atoms with Crippen molar-refractivity contribution in [1.82, 2.24) is 9.97 Å². The summed E-state index contributed by atoms with van der Waals surface area (Å²) in [6, 6.07) is 1.58. The fourth-order valence-electron chi connectivity index (χ4n) is 1.16. The van der Waals surface area contributed by atoms with Gasteiger partial charge in [0.15, 0.2) is 0 Å². The average Bonchev–Trinajstić information content (AvgIpc) is 2.35. The molecule has 0 bridgehead atoms. The van der Waals surface area contributed by atoms with Crippen LogP contribution < -0.4 is 10.1 Å². The minimum atomic E-state index is -4.30. The Balaban J connectivity index is 2.25. The summed E-state index contributed by atoms with van der Waals surface area (Å²) < 4.78 is 45.1. The van der Waals surface area contributed by atoms with Gasteiger partial charge in [-0.25, -0.2) is 9.97 Å². The van der Waals surface area contributed by atoms with E-state index in [0.29, 0.717) is 18.3 Å². The largest absolute Gasteiger partial charge is 0.478 e. The molecule has 0 unspecified atom stereocenters. The van der Waals surface area contributed by atoms with Crippen LogP contribution in [0.25, 0.3) is 0 Å². The lowest BCUT2D eigenvalue weighted by Crippen LogP contribution is -2.20. The number of aromatic nitrogens is 2. The lowest BCUT2D eigenvalue weighted by atomic mass is 10.5. The molecule has 0 atom stereocenters. The van der Waals surface area contributed by atoms with Crippen molar-refractivity contribution in [3.05, 3.63) is 12.4 Å². The normalized spacial score (nSPS) is 11.4. The summed E-state index contributed by atoms with van der Waals surface area (Å²) in [6.45, 7) is 1.43. The number of halogens is 3. The molecule has 1 N–H and O–H groups in total. The van der Waals surface area contributed by atoms with Crippen LogP contribution in [-0.4, -0.2) is 42.5 Å². The number of hydrogen-bond donors (Lipinski definition) is 1. The Bertz CT molecular complexity index is 374. The van der Waals surface area contributed by atoms with Crippen LogP contribution >= 0.6 is 0 Å². The third-order valence-electron chi connectivity index (χ3n) is 1.91. The van der Waals surface area contributed by atoms with Crippen LogP contribution in [0.4, 0.5) is 19.0 Å². The first-order valence-electron chi connectivity index (χ1n) is 5.84. The molecule has 19 heavy (non-hydrogen) atoms. The fraction of sp³-hybridized carbons (Fsp3) is 0.636. The molecule has 0 aliphatic carbocycles. The van der Waals surface area contributed by atoms with Crippen LogP contribution in [0.2, 0.25) is 0 Å². The third-order valence-corrected chi connectivity index (χ3v) is 1.91.